The molecule has 8 heteroatoms. The normalized spacial score (nSPS) is 26.0. The third kappa shape index (κ3) is 3.19. The van der Waals surface area contributed by atoms with E-state index in [0.717, 1.165) is 38.6 Å². The quantitative estimate of drug-likeness (QED) is 0.777. The standard InChI is InChI=1S/C23H28FN3O4/c1-23-6-3-8-25-17(23)12-26(9-7-23)19-16(24)10-14-18(21(19)31-2)27(13-4-5-13)11-15(20(14)28)22(29)30/h10-11,13,17,25H,3-9,12H2,1-2H3,(H,29,30)/t17-,23+/m1/s1. The summed E-state index contributed by atoms with van der Waals surface area (Å²) in [6.07, 6.45) is 6.43. The first kappa shape index (κ1) is 20.3. The largest absolute Gasteiger partial charge is 0.492 e. The molecule has 0 unspecified atom stereocenters. The number of aromatic nitrogens is 1. The van der Waals surface area contributed by atoms with E-state index in [1.807, 2.05) is 4.90 Å². The number of nitrogens with zero attached hydrogens (tertiary/aromatic N) is 2. The van der Waals surface area contributed by atoms with Gasteiger partial charge in [0.25, 0.3) is 0 Å². The van der Waals surface area contributed by atoms with E-state index in [4.69, 9.17) is 4.74 Å². The van der Waals surface area contributed by atoms with Crippen LogP contribution in [0.1, 0.15) is 55.4 Å². The van der Waals surface area contributed by atoms with Gasteiger partial charge in [-0.05, 0) is 50.1 Å². The maximum atomic E-state index is 15.5. The fourth-order valence-electron chi connectivity index (χ4n) is 5.40. The topological polar surface area (TPSA) is 83.8 Å². The first-order valence-electron chi connectivity index (χ1n) is 11.0. The molecule has 1 aliphatic carbocycles. The fraction of sp³-hybridized carbons (Fsp3) is 0.565. The van der Waals surface area contributed by atoms with Gasteiger partial charge in [0.05, 0.1) is 18.0 Å². The predicted octanol–water partition coefficient (Wildman–Crippen LogP) is 3.15. The monoisotopic (exact) mass is 429 g/mol. The number of hydrogen-bond donors (Lipinski definition) is 2. The summed E-state index contributed by atoms with van der Waals surface area (Å²) < 4.78 is 23.0. The number of hydrogen-bond acceptors (Lipinski definition) is 5. The van der Waals surface area contributed by atoms with Crippen molar-refractivity contribution in [2.75, 3.05) is 31.6 Å². The van der Waals surface area contributed by atoms with Crippen LogP contribution < -0.4 is 20.4 Å². The minimum atomic E-state index is -1.30. The number of benzene rings is 1. The summed E-state index contributed by atoms with van der Waals surface area (Å²) in [5, 5.41) is 13.1. The second kappa shape index (κ2) is 7.22. The van der Waals surface area contributed by atoms with Gasteiger partial charge in [0.2, 0.25) is 5.43 Å². The molecular formula is C23H28FN3O4. The highest BCUT2D eigenvalue weighted by atomic mass is 19.1. The van der Waals surface area contributed by atoms with Crippen LogP contribution in [0, 0.1) is 11.2 Å². The number of carboxylic acids is 1. The SMILES string of the molecule is COc1c(N2CC[C@]3(C)CCCN[C@@H]3C2)c(F)cc2c(=O)c(C(=O)O)cn(C3CC3)c12. The Labute approximate surface area is 179 Å². The average Bonchev–Trinajstić information content (AvgIpc) is 3.58. The van der Waals surface area contributed by atoms with E-state index < -0.39 is 17.2 Å². The average molecular weight is 429 g/mol. The number of aromatic carboxylic acids is 1. The number of pyridine rings is 1. The molecule has 0 amide bonds. The summed E-state index contributed by atoms with van der Waals surface area (Å²) in [4.78, 5) is 26.5. The Bertz CT molecular complexity index is 1130. The number of carboxylic acid groups (broad SMARTS) is 1. The van der Waals surface area contributed by atoms with Gasteiger partial charge in [-0.1, -0.05) is 6.92 Å². The summed E-state index contributed by atoms with van der Waals surface area (Å²) in [5.74, 6) is -1.54. The molecule has 1 aromatic carbocycles. The third-order valence-electron chi connectivity index (χ3n) is 7.40. The molecule has 5 rings (SSSR count). The maximum absolute atomic E-state index is 15.5. The van der Waals surface area contributed by atoms with E-state index in [0.29, 0.717) is 30.0 Å². The van der Waals surface area contributed by atoms with Crippen molar-refractivity contribution >= 4 is 22.6 Å². The number of fused-ring (bicyclic) bond motifs is 2. The van der Waals surface area contributed by atoms with Gasteiger partial charge >= 0.3 is 5.97 Å². The lowest BCUT2D eigenvalue weighted by Gasteiger charge is -2.50. The molecule has 0 bridgehead atoms. The predicted molar refractivity (Wildman–Crippen MR) is 116 cm³/mol. The van der Waals surface area contributed by atoms with E-state index in [1.54, 1.807) is 4.57 Å². The molecule has 7 nitrogen and oxygen atoms in total. The van der Waals surface area contributed by atoms with Gasteiger partial charge in [0.15, 0.2) is 11.6 Å². The highest BCUT2D eigenvalue weighted by Gasteiger charge is 2.42. The molecular weight excluding hydrogens is 401 g/mol. The van der Waals surface area contributed by atoms with Gasteiger partial charge in [0.1, 0.15) is 11.3 Å². The third-order valence-corrected chi connectivity index (χ3v) is 7.40. The van der Waals surface area contributed by atoms with Crippen LogP contribution in [-0.2, 0) is 0 Å². The van der Waals surface area contributed by atoms with E-state index >= 15 is 4.39 Å². The smallest absolute Gasteiger partial charge is 0.341 e. The molecule has 1 aromatic heterocycles. The zero-order valence-electron chi connectivity index (χ0n) is 17.9. The number of methoxy groups -OCH3 is 1. The molecule has 3 heterocycles. The van der Waals surface area contributed by atoms with Crippen LogP contribution in [0.2, 0.25) is 0 Å². The highest BCUT2D eigenvalue weighted by molar-refractivity contribution is 5.97. The molecule has 3 aliphatic rings. The van der Waals surface area contributed by atoms with Crippen LogP contribution in [-0.4, -0.2) is 48.4 Å². The molecule has 2 N–H and O–H groups in total. The van der Waals surface area contributed by atoms with Crippen LogP contribution in [0.15, 0.2) is 17.1 Å². The molecule has 0 spiro atoms. The minimum Gasteiger partial charge on any atom is -0.492 e. The molecule has 2 aromatic rings. The van der Waals surface area contributed by atoms with Crippen molar-refractivity contribution in [1.29, 1.82) is 0 Å². The van der Waals surface area contributed by atoms with Crippen molar-refractivity contribution in [3.63, 3.8) is 0 Å². The van der Waals surface area contributed by atoms with Gasteiger partial charge in [-0.2, -0.15) is 0 Å². The number of piperidine rings is 2. The Morgan fingerprint density at radius 3 is 2.81 bits per heavy atom. The van der Waals surface area contributed by atoms with Crippen molar-refractivity contribution in [2.45, 2.75) is 51.1 Å². The van der Waals surface area contributed by atoms with E-state index in [-0.39, 0.29) is 28.4 Å². The lowest BCUT2D eigenvalue weighted by Crippen LogP contribution is -2.59. The molecule has 2 saturated heterocycles. The van der Waals surface area contributed by atoms with E-state index in [2.05, 4.69) is 12.2 Å². The van der Waals surface area contributed by atoms with Crippen LogP contribution >= 0.6 is 0 Å². The van der Waals surface area contributed by atoms with Gasteiger partial charge < -0.3 is 24.6 Å². The number of carbonyl (C=O) groups is 1. The second-order valence-corrected chi connectivity index (χ2v) is 9.41. The second-order valence-electron chi connectivity index (χ2n) is 9.41. The molecule has 166 valence electrons. The lowest BCUT2D eigenvalue weighted by atomic mass is 9.71. The highest BCUT2D eigenvalue weighted by Crippen LogP contribution is 2.46. The zero-order valence-corrected chi connectivity index (χ0v) is 17.9. The number of ether oxygens (including phenoxy) is 1. The summed E-state index contributed by atoms with van der Waals surface area (Å²) in [7, 11) is 1.48. The fourth-order valence-corrected chi connectivity index (χ4v) is 5.40. The summed E-state index contributed by atoms with van der Waals surface area (Å²) in [5.41, 5.74) is 0.0293. The van der Waals surface area contributed by atoms with Crippen LogP contribution in [0.5, 0.6) is 5.75 Å². The van der Waals surface area contributed by atoms with Crippen LogP contribution in [0.25, 0.3) is 10.9 Å². The minimum absolute atomic E-state index is 0.0579. The Balaban J connectivity index is 1.69. The lowest BCUT2D eigenvalue weighted by molar-refractivity contribution is 0.0695. The van der Waals surface area contributed by atoms with Crippen LogP contribution in [0.4, 0.5) is 10.1 Å². The molecule has 3 fully saturated rings. The van der Waals surface area contributed by atoms with Crippen molar-refractivity contribution < 1.29 is 19.0 Å². The number of anilines is 1. The summed E-state index contributed by atoms with van der Waals surface area (Å²) >= 11 is 0. The van der Waals surface area contributed by atoms with Gasteiger partial charge in [-0.25, -0.2) is 9.18 Å². The summed E-state index contributed by atoms with van der Waals surface area (Å²) in [6.45, 7) is 4.63. The molecule has 1 saturated carbocycles. The van der Waals surface area contributed by atoms with Crippen molar-refractivity contribution in [1.82, 2.24) is 9.88 Å². The molecule has 2 atom stereocenters. The zero-order chi connectivity index (χ0) is 21.9. The van der Waals surface area contributed by atoms with Crippen molar-refractivity contribution in [3.05, 3.63) is 33.9 Å². The Morgan fingerprint density at radius 2 is 2.13 bits per heavy atom. The van der Waals surface area contributed by atoms with Crippen LogP contribution in [0.3, 0.4) is 0 Å². The van der Waals surface area contributed by atoms with E-state index in [1.165, 1.54) is 19.4 Å². The number of nitrogens with one attached hydrogen (secondary N) is 1. The Morgan fingerprint density at radius 1 is 1.35 bits per heavy atom. The van der Waals surface area contributed by atoms with Gasteiger partial charge in [-0.15, -0.1) is 0 Å². The number of halogens is 1. The number of rotatable bonds is 4. The molecule has 0 radical (unpaired) electrons. The Kier molecular flexibility index (Phi) is 4.73. The maximum Gasteiger partial charge on any atom is 0.341 e. The van der Waals surface area contributed by atoms with Gasteiger partial charge in [0, 0.05) is 31.4 Å². The molecule has 31 heavy (non-hydrogen) atoms. The first-order chi connectivity index (χ1) is 14.8. The van der Waals surface area contributed by atoms with Gasteiger partial charge in [-0.3, -0.25) is 4.79 Å². The molecule has 2 aliphatic heterocycles. The summed E-state index contributed by atoms with van der Waals surface area (Å²) in [6, 6.07) is 1.55. The Hall–Kier alpha value is -2.61. The first-order valence-corrected chi connectivity index (χ1v) is 11.0. The van der Waals surface area contributed by atoms with Crippen molar-refractivity contribution in [3.8, 4) is 5.75 Å². The van der Waals surface area contributed by atoms with Crippen molar-refractivity contribution in [2.24, 2.45) is 5.41 Å². The van der Waals surface area contributed by atoms with E-state index in [9.17, 15) is 14.7 Å².